The van der Waals surface area contributed by atoms with Crippen LogP contribution in [-0.4, -0.2) is 28.6 Å². The topological polar surface area (TPSA) is 123 Å². The fourth-order valence-corrected chi connectivity index (χ4v) is 2.39. The van der Waals surface area contributed by atoms with Crippen molar-refractivity contribution in [2.24, 2.45) is 10.5 Å². The van der Waals surface area contributed by atoms with Gasteiger partial charge in [0, 0.05) is 17.2 Å². The zero-order valence-corrected chi connectivity index (χ0v) is 18.1. The lowest BCUT2D eigenvalue weighted by Crippen LogP contribution is -2.34. The number of carbonyl (C=O) groups is 2. The molecule has 0 spiro atoms. The number of hydrazone groups is 1. The zero-order chi connectivity index (χ0) is 23.2. The third kappa shape index (κ3) is 6.63. The van der Waals surface area contributed by atoms with Crippen LogP contribution in [0.5, 0.6) is 5.75 Å². The summed E-state index contributed by atoms with van der Waals surface area (Å²) in [4.78, 5) is 35.0. The highest BCUT2D eigenvalue weighted by Crippen LogP contribution is 2.26. The molecule has 0 aliphatic carbocycles. The number of nitrogens with zero attached hydrogens (tertiary/aromatic N) is 2. The molecule has 2 aromatic rings. The van der Waals surface area contributed by atoms with Crippen LogP contribution in [0.15, 0.2) is 53.6 Å². The predicted molar refractivity (Wildman–Crippen MR) is 118 cm³/mol. The molecule has 1 unspecified atom stereocenters. The van der Waals surface area contributed by atoms with E-state index in [0.717, 1.165) is 0 Å². The second-order valence-electron chi connectivity index (χ2n) is 7.94. The first-order valence-corrected chi connectivity index (χ1v) is 9.65. The Labute approximate surface area is 180 Å². The molecule has 164 valence electrons. The summed E-state index contributed by atoms with van der Waals surface area (Å²) in [7, 11) is 0. The number of hydrogen-bond donors (Lipinski definition) is 2. The van der Waals surface area contributed by atoms with Crippen LogP contribution in [-0.2, 0) is 9.59 Å². The molecule has 0 fully saturated rings. The summed E-state index contributed by atoms with van der Waals surface area (Å²) in [5.41, 5.74) is 3.48. The second kappa shape index (κ2) is 9.84. The average Bonchev–Trinajstić information content (AvgIpc) is 2.71. The van der Waals surface area contributed by atoms with Gasteiger partial charge in [-0.1, -0.05) is 45.0 Å². The Kier molecular flexibility index (Phi) is 7.47. The monoisotopic (exact) mass is 426 g/mol. The predicted octanol–water partition coefficient (Wildman–Crippen LogP) is 3.89. The largest absolute Gasteiger partial charge is 0.474 e. The summed E-state index contributed by atoms with van der Waals surface area (Å²) in [6.07, 6.45) is -1.00. The first kappa shape index (κ1) is 23.5. The smallest absolute Gasteiger partial charge is 0.310 e. The molecule has 0 radical (unpaired) electrons. The van der Waals surface area contributed by atoms with Crippen molar-refractivity contribution >= 4 is 28.9 Å². The van der Waals surface area contributed by atoms with Crippen LogP contribution in [0.3, 0.4) is 0 Å². The lowest BCUT2D eigenvalue weighted by molar-refractivity contribution is -0.386. The van der Waals surface area contributed by atoms with E-state index >= 15 is 0 Å². The minimum atomic E-state index is -1.00. The van der Waals surface area contributed by atoms with E-state index in [-0.39, 0.29) is 17.3 Å². The Morgan fingerprint density at radius 2 is 1.81 bits per heavy atom. The molecule has 1 atom stereocenters. The van der Waals surface area contributed by atoms with Gasteiger partial charge < -0.3 is 10.1 Å². The number of amides is 2. The molecular weight excluding hydrogens is 400 g/mol. The molecule has 2 N–H and O–H groups in total. The van der Waals surface area contributed by atoms with Crippen molar-refractivity contribution in [3.63, 3.8) is 0 Å². The third-order valence-electron chi connectivity index (χ3n) is 4.29. The van der Waals surface area contributed by atoms with E-state index in [1.165, 1.54) is 25.1 Å². The summed E-state index contributed by atoms with van der Waals surface area (Å²) in [5, 5.41) is 18.0. The maximum atomic E-state index is 12.3. The van der Waals surface area contributed by atoms with Crippen molar-refractivity contribution in [3.8, 4) is 5.75 Å². The van der Waals surface area contributed by atoms with Gasteiger partial charge in [0.05, 0.1) is 10.6 Å². The highest BCUT2D eigenvalue weighted by molar-refractivity contribution is 6.01. The van der Waals surface area contributed by atoms with Gasteiger partial charge in [0.25, 0.3) is 5.91 Å². The molecule has 0 bridgehead atoms. The summed E-state index contributed by atoms with van der Waals surface area (Å²) < 4.78 is 5.43. The van der Waals surface area contributed by atoms with Crippen molar-refractivity contribution in [3.05, 3.63) is 64.2 Å². The number of carbonyl (C=O) groups excluding carboxylic acids is 2. The van der Waals surface area contributed by atoms with Crippen LogP contribution in [0.2, 0.25) is 0 Å². The molecular formula is C22H26N4O5. The Hall–Kier alpha value is -3.75. The second-order valence-corrected chi connectivity index (χ2v) is 7.94. The molecule has 0 aliphatic heterocycles. The molecule has 2 rings (SSSR count). The van der Waals surface area contributed by atoms with Crippen LogP contribution in [0.25, 0.3) is 0 Å². The number of rotatable bonds is 7. The summed E-state index contributed by atoms with van der Waals surface area (Å²) in [6, 6.07) is 12.9. The minimum absolute atomic E-state index is 0.00172. The highest BCUT2D eigenvalue weighted by atomic mass is 16.6. The maximum Gasteiger partial charge on any atom is 0.310 e. The van der Waals surface area contributed by atoms with Crippen LogP contribution in [0.1, 0.15) is 40.2 Å². The molecule has 2 aromatic carbocycles. The third-order valence-corrected chi connectivity index (χ3v) is 4.29. The fraction of sp³-hybridized carbons (Fsp3) is 0.318. The lowest BCUT2D eigenvalue weighted by Gasteiger charge is -2.18. The van der Waals surface area contributed by atoms with E-state index in [1.54, 1.807) is 37.3 Å². The number of anilines is 1. The van der Waals surface area contributed by atoms with Crippen LogP contribution >= 0.6 is 0 Å². The van der Waals surface area contributed by atoms with E-state index in [2.05, 4.69) is 15.8 Å². The number of hydrogen-bond acceptors (Lipinski definition) is 6. The summed E-state index contributed by atoms with van der Waals surface area (Å²) in [5.74, 6) is -0.679. The first-order chi connectivity index (χ1) is 14.5. The number of benzene rings is 2. The van der Waals surface area contributed by atoms with E-state index < -0.39 is 22.3 Å². The van der Waals surface area contributed by atoms with Crippen molar-refractivity contribution in [2.75, 3.05) is 5.32 Å². The number of ether oxygens (including phenoxy) is 1. The van der Waals surface area contributed by atoms with E-state index in [9.17, 15) is 19.7 Å². The SMILES string of the molecule is CC(=NNC(=O)C(C)Oc1ccccc1[N+](=O)[O-])c1cccc(NC(=O)C(C)(C)C)c1. The molecule has 9 nitrogen and oxygen atoms in total. The van der Waals surface area contributed by atoms with Gasteiger partial charge in [-0.3, -0.25) is 19.7 Å². The van der Waals surface area contributed by atoms with Crippen molar-refractivity contribution in [2.45, 2.75) is 40.7 Å². The maximum absolute atomic E-state index is 12.3. The number of para-hydroxylation sites is 2. The minimum Gasteiger partial charge on any atom is -0.474 e. The zero-order valence-electron chi connectivity index (χ0n) is 18.1. The molecule has 0 aromatic heterocycles. The fourth-order valence-electron chi connectivity index (χ4n) is 2.39. The highest BCUT2D eigenvalue weighted by Gasteiger charge is 2.22. The van der Waals surface area contributed by atoms with Crippen molar-refractivity contribution in [1.82, 2.24) is 5.43 Å². The van der Waals surface area contributed by atoms with Gasteiger partial charge in [-0.25, -0.2) is 5.43 Å². The van der Waals surface area contributed by atoms with Gasteiger partial charge in [0.15, 0.2) is 11.9 Å². The summed E-state index contributed by atoms with van der Waals surface area (Å²) in [6.45, 7) is 8.64. The first-order valence-electron chi connectivity index (χ1n) is 9.65. The normalized spacial score (nSPS) is 12.6. The van der Waals surface area contributed by atoms with Gasteiger partial charge in [-0.05, 0) is 37.6 Å². The Bertz CT molecular complexity index is 1010. The van der Waals surface area contributed by atoms with E-state index in [1.807, 2.05) is 20.8 Å². The Morgan fingerprint density at radius 1 is 1.13 bits per heavy atom. The van der Waals surface area contributed by atoms with Gasteiger partial charge in [-0.15, -0.1) is 0 Å². The van der Waals surface area contributed by atoms with Gasteiger partial charge in [0.1, 0.15) is 0 Å². The molecule has 0 saturated heterocycles. The molecule has 0 saturated carbocycles. The van der Waals surface area contributed by atoms with Crippen LogP contribution in [0.4, 0.5) is 11.4 Å². The van der Waals surface area contributed by atoms with Crippen LogP contribution < -0.4 is 15.5 Å². The lowest BCUT2D eigenvalue weighted by atomic mass is 9.95. The molecule has 2 amide bonds. The van der Waals surface area contributed by atoms with E-state index in [4.69, 9.17) is 4.74 Å². The molecule has 9 heteroatoms. The van der Waals surface area contributed by atoms with Crippen molar-refractivity contribution < 1.29 is 19.2 Å². The molecule has 31 heavy (non-hydrogen) atoms. The van der Waals surface area contributed by atoms with E-state index in [0.29, 0.717) is 17.0 Å². The standard InChI is InChI=1S/C22H26N4O5/c1-14(16-9-8-10-17(13-16)23-21(28)22(3,4)5)24-25-20(27)15(2)31-19-12-7-6-11-18(19)26(29)30/h6-13,15H,1-5H3,(H,23,28)(H,25,27). The Balaban J connectivity index is 2.05. The Morgan fingerprint density at radius 3 is 2.45 bits per heavy atom. The van der Waals surface area contributed by atoms with Gasteiger partial charge >= 0.3 is 5.69 Å². The number of nitrogens with one attached hydrogen (secondary N) is 2. The van der Waals surface area contributed by atoms with Gasteiger partial charge in [0.2, 0.25) is 5.91 Å². The summed E-state index contributed by atoms with van der Waals surface area (Å²) >= 11 is 0. The van der Waals surface area contributed by atoms with Crippen molar-refractivity contribution in [1.29, 1.82) is 0 Å². The van der Waals surface area contributed by atoms with Gasteiger partial charge in [-0.2, -0.15) is 5.10 Å². The average molecular weight is 426 g/mol. The molecule has 0 heterocycles. The molecule has 0 aliphatic rings. The number of nitro benzene ring substituents is 1. The number of nitro groups is 1. The van der Waals surface area contributed by atoms with Crippen LogP contribution in [0, 0.1) is 15.5 Å². The quantitative estimate of drug-likeness (QED) is 0.395.